The van der Waals surface area contributed by atoms with Crippen molar-refractivity contribution in [2.45, 2.75) is 12.8 Å². The van der Waals surface area contributed by atoms with Gasteiger partial charge in [0.05, 0.1) is 5.56 Å². The zero-order valence-electron chi connectivity index (χ0n) is 11.3. The topological polar surface area (TPSA) is 49.3 Å². The summed E-state index contributed by atoms with van der Waals surface area (Å²) >= 11 is 5.78. The van der Waals surface area contributed by atoms with Gasteiger partial charge in [-0.15, -0.1) is 0 Å². The first-order chi connectivity index (χ1) is 10.1. The molecule has 0 aliphatic rings. The number of rotatable bonds is 5. The van der Waals surface area contributed by atoms with E-state index in [4.69, 9.17) is 16.7 Å². The molecule has 0 bridgehead atoms. The highest BCUT2D eigenvalue weighted by molar-refractivity contribution is 6.31. The van der Waals surface area contributed by atoms with Crippen LogP contribution in [-0.2, 0) is 6.42 Å². The van der Waals surface area contributed by atoms with E-state index in [-0.39, 0.29) is 12.2 Å². The van der Waals surface area contributed by atoms with Crippen LogP contribution in [0.15, 0.2) is 42.5 Å². The molecule has 2 N–H and O–H groups in total. The molecule has 110 valence electrons. The van der Waals surface area contributed by atoms with E-state index in [9.17, 15) is 9.18 Å². The van der Waals surface area contributed by atoms with Gasteiger partial charge in [-0.05, 0) is 48.7 Å². The first-order valence-electron chi connectivity index (χ1n) is 6.56. The molecular formula is C16H15ClFNO2. The van der Waals surface area contributed by atoms with E-state index < -0.39 is 11.7 Å². The summed E-state index contributed by atoms with van der Waals surface area (Å²) in [6, 6.07) is 11.1. The molecule has 0 radical (unpaired) electrons. The second-order valence-electron chi connectivity index (χ2n) is 4.61. The van der Waals surface area contributed by atoms with Crippen molar-refractivity contribution in [1.82, 2.24) is 0 Å². The molecule has 0 heterocycles. The highest BCUT2D eigenvalue weighted by Gasteiger charge is 2.12. The number of hydrogen-bond acceptors (Lipinski definition) is 2. The van der Waals surface area contributed by atoms with Crippen molar-refractivity contribution >= 4 is 23.2 Å². The van der Waals surface area contributed by atoms with Crippen molar-refractivity contribution in [3.05, 3.63) is 64.4 Å². The Bertz CT molecular complexity index is 646. The number of amides is 1. The van der Waals surface area contributed by atoms with E-state index >= 15 is 0 Å². The van der Waals surface area contributed by atoms with Crippen LogP contribution >= 0.6 is 11.6 Å². The molecule has 5 heteroatoms. The van der Waals surface area contributed by atoms with Crippen LogP contribution < -0.4 is 5.32 Å². The van der Waals surface area contributed by atoms with Crippen molar-refractivity contribution in [3.8, 4) is 0 Å². The summed E-state index contributed by atoms with van der Waals surface area (Å²) in [6.45, 7) is 0.115. The summed E-state index contributed by atoms with van der Waals surface area (Å²) in [5, 5.41) is 11.8. The molecule has 21 heavy (non-hydrogen) atoms. The second kappa shape index (κ2) is 7.20. The number of anilines is 1. The van der Waals surface area contributed by atoms with Gasteiger partial charge in [-0.2, -0.15) is 0 Å². The van der Waals surface area contributed by atoms with Crippen molar-refractivity contribution in [3.63, 3.8) is 0 Å². The maximum Gasteiger partial charge on any atom is 0.258 e. The van der Waals surface area contributed by atoms with E-state index in [0.29, 0.717) is 23.6 Å². The lowest BCUT2D eigenvalue weighted by molar-refractivity contribution is 0.102. The number of carbonyl (C=O) groups is 1. The Morgan fingerprint density at radius 1 is 1.24 bits per heavy atom. The van der Waals surface area contributed by atoms with Crippen LogP contribution in [0.4, 0.5) is 10.1 Å². The van der Waals surface area contributed by atoms with Crippen molar-refractivity contribution in [2.75, 3.05) is 11.9 Å². The van der Waals surface area contributed by atoms with Gasteiger partial charge in [-0.1, -0.05) is 23.7 Å². The quantitative estimate of drug-likeness (QED) is 0.885. The summed E-state index contributed by atoms with van der Waals surface area (Å²) in [4.78, 5) is 12.1. The molecule has 0 aromatic heterocycles. The predicted molar refractivity (Wildman–Crippen MR) is 81.2 cm³/mol. The minimum Gasteiger partial charge on any atom is -0.396 e. The fourth-order valence-corrected chi connectivity index (χ4v) is 2.13. The molecule has 2 aromatic rings. The number of carbonyl (C=O) groups excluding carboxylic acids is 1. The zero-order valence-corrected chi connectivity index (χ0v) is 12.0. The van der Waals surface area contributed by atoms with Gasteiger partial charge in [-0.3, -0.25) is 4.79 Å². The zero-order chi connectivity index (χ0) is 15.2. The molecule has 0 unspecified atom stereocenters. The predicted octanol–water partition coefficient (Wildman–Crippen LogP) is 3.66. The number of aliphatic hydroxyl groups is 1. The summed E-state index contributed by atoms with van der Waals surface area (Å²) < 4.78 is 13.6. The maximum absolute atomic E-state index is 13.6. The summed E-state index contributed by atoms with van der Waals surface area (Å²) in [6.07, 6.45) is 1.37. The van der Waals surface area contributed by atoms with Crippen molar-refractivity contribution in [2.24, 2.45) is 0 Å². The van der Waals surface area contributed by atoms with Gasteiger partial charge in [0.25, 0.3) is 5.91 Å². The number of hydrogen-bond donors (Lipinski definition) is 2. The number of aliphatic hydroxyl groups excluding tert-OH is 1. The second-order valence-corrected chi connectivity index (χ2v) is 5.04. The van der Waals surface area contributed by atoms with E-state index in [1.807, 2.05) is 6.07 Å². The lowest BCUT2D eigenvalue weighted by Gasteiger charge is -2.08. The van der Waals surface area contributed by atoms with Gasteiger partial charge in [0, 0.05) is 17.3 Å². The Labute approximate surface area is 127 Å². The van der Waals surface area contributed by atoms with E-state index in [1.165, 1.54) is 12.1 Å². The lowest BCUT2D eigenvalue weighted by Crippen LogP contribution is -2.13. The molecule has 2 aromatic carbocycles. The van der Waals surface area contributed by atoms with Crippen LogP contribution in [0, 0.1) is 5.82 Å². The first-order valence-corrected chi connectivity index (χ1v) is 6.94. The highest BCUT2D eigenvalue weighted by Crippen LogP contribution is 2.18. The third kappa shape index (κ3) is 4.28. The van der Waals surface area contributed by atoms with Crippen LogP contribution in [0.1, 0.15) is 22.3 Å². The molecule has 0 saturated heterocycles. The average molecular weight is 308 g/mol. The van der Waals surface area contributed by atoms with Crippen LogP contribution in [-0.4, -0.2) is 17.6 Å². The molecular weight excluding hydrogens is 293 g/mol. The van der Waals surface area contributed by atoms with Crippen LogP contribution in [0.3, 0.4) is 0 Å². The van der Waals surface area contributed by atoms with Crippen molar-refractivity contribution in [1.29, 1.82) is 0 Å². The smallest absolute Gasteiger partial charge is 0.258 e. The Kier molecular flexibility index (Phi) is 5.31. The molecule has 0 spiro atoms. The molecule has 0 aliphatic carbocycles. The molecule has 2 rings (SSSR count). The molecule has 3 nitrogen and oxygen atoms in total. The summed E-state index contributed by atoms with van der Waals surface area (Å²) in [5.41, 5.74) is 1.48. The van der Waals surface area contributed by atoms with Gasteiger partial charge in [-0.25, -0.2) is 4.39 Å². The van der Waals surface area contributed by atoms with Gasteiger partial charge in [0.15, 0.2) is 0 Å². The monoisotopic (exact) mass is 307 g/mol. The summed E-state index contributed by atoms with van der Waals surface area (Å²) in [5.74, 6) is -1.16. The highest BCUT2D eigenvalue weighted by atomic mass is 35.5. The molecule has 0 saturated carbocycles. The SMILES string of the molecule is O=C(Nc1cccc(CCCO)c1)c1cc(Cl)ccc1F. The third-order valence-corrected chi connectivity index (χ3v) is 3.22. The summed E-state index contributed by atoms with van der Waals surface area (Å²) in [7, 11) is 0. The average Bonchev–Trinajstić information content (AvgIpc) is 2.48. The minimum atomic E-state index is -0.617. The number of halogens is 2. The largest absolute Gasteiger partial charge is 0.396 e. The van der Waals surface area contributed by atoms with Gasteiger partial charge in [0.1, 0.15) is 5.82 Å². The van der Waals surface area contributed by atoms with Crippen molar-refractivity contribution < 1.29 is 14.3 Å². The van der Waals surface area contributed by atoms with Crippen LogP contribution in [0.25, 0.3) is 0 Å². The Morgan fingerprint density at radius 2 is 2.05 bits per heavy atom. The number of benzene rings is 2. The molecule has 0 atom stereocenters. The van der Waals surface area contributed by atoms with Gasteiger partial charge >= 0.3 is 0 Å². The molecule has 0 fully saturated rings. The van der Waals surface area contributed by atoms with Gasteiger partial charge < -0.3 is 10.4 Å². The van der Waals surface area contributed by atoms with E-state index in [1.54, 1.807) is 18.2 Å². The molecule has 0 aliphatic heterocycles. The standard InChI is InChI=1S/C16H15ClFNO2/c17-12-6-7-15(18)14(10-12)16(21)19-13-5-1-3-11(9-13)4-2-8-20/h1,3,5-7,9-10,20H,2,4,8H2,(H,19,21). The maximum atomic E-state index is 13.6. The lowest BCUT2D eigenvalue weighted by atomic mass is 10.1. The van der Waals surface area contributed by atoms with Gasteiger partial charge in [0.2, 0.25) is 0 Å². The first kappa shape index (κ1) is 15.5. The van der Waals surface area contributed by atoms with E-state index in [2.05, 4.69) is 5.32 Å². The normalized spacial score (nSPS) is 10.4. The number of aryl methyl sites for hydroxylation is 1. The molecule has 1 amide bonds. The fourth-order valence-electron chi connectivity index (χ4n) is 1.96. The Morgan fingerprint density at radius 3 is 2.81 bits per heavy atom. The Hall–Kier alpha value is -1.91. The fraction of sp³-hybridized carbons (Fsp3) is 0.188. The van der Waals surface area contributed by atoms with Crippen LogP contribution in [0.5, 0.6) is 0 Å². The van der Waals surface area contributed by atoms with E-state index in [0.717, 1.165) is 11.6 Å². The third-order valence-electron chi connectivity index (χ3n) is 2.98. The number of nitrogens with one attached hydrogen (secondary N) is 1. The Balaban J connectivity index is 2.14. The van der Waals surface area contributed by atoms with Crippen LogP contribution in [0.2, 0.25) is 5.02 Å². The minimum absolute atomic E-state index is 0.0942.